The van der Waals surface area contributed by atoms with E-state index in [-0.39, 0.29) is 29.9 Å². The molecule has 2 aromatic carbocycles. The van der Waals surface area contributed by atoms with E-state index < -0.39 is 11.0 Å². The van der Waals surface area contributed by atoms with Gasteiger partial charge in [0, 0.05) is 12.6 Å². The van der Waals surface area contributed by atoms with E-state index >= 15 is 0 Å². The van der Waals surface area contributed by atoms with Crippen molar-refractivity contribution in [3.05, 3.63) is 69.3 Å². The molecule has 6 nitrogen and oxygen atoms in total. The quantitative estimate of drug-likeness (QED) is 0.550. The van der Waals surface area contributed by atoms with E-state index in [1.54, 1.807) is 0 Å². The highest BCUT2D eigenvalue weighted by atomic mass is 16.6. The largest absolute Gasteiger partial charge is 0.392 e. The van der Waals surface area contributed by atoms with Gasteiger partial charge in [0.1, 0.15) is 5.69 Å². The number of nitrogens with zero attached hydrogens (tertiary/aromatic N) is 1. The van der Waals surface area contributed by atoms with E-state index in [1.807, 2.05) is 24.3 Å². The first-order valence-electron chi connectivity index (χ1n) is 8.13. The number of hydrogen-bond donors (Lipinski definition) is 3. The molecule has 0 aliphatic heterocycles. The number of anilines is 1. The van der Waals surface area contributed by atoms with Crippen LogP contribution in [0.3, 0.4) is 0 Å². The number of aliphatic hydroxyl groups excluding tert-OH is 2. The summed E-state index contributed by atoms with van der Waals surface area (Å²) in [6.45, 7) is 6.28. The molecule has 0 fully saturated rings. The van der Waals surface area contributed by atoms with Crippen LogP contribution in [0.1, 0.15) is 43.6 Å². The molecule has 3 N–H and O–H groups in total. The molecule has 0 spiro atoms. The Labute approximate surface area is 147 Å². The van der Waals surface area contributed by atoms with Crippen molar-refractivity contribution < 1.29 is 15.1 Å². The third-order valence-electron chi connectivity index (χ3n) is 4.09. The monoisotopic (exact) mass is 344 g/mol. The molecule has 25 heavy (non-hydrogen) atoms. The zero-order chi connectivity index (χ0) is 18.6. The zero-order valence-corrected chi connectivity index (χ0v) is 14.7. The Morgan fingerprint density at radius 1 is 1.16 bits per heavy atom. The maximum atomic E-state index is 11.1. The summed E-state index contributed by atoms with van der Waals surface area (Å²) in [5.41, 5.74) is 2.70. The number of nitro benzene ring substituents is 1. The second kappa shape index (κ2) is 7.63. The average Bonchev–Trinajstić information content (AvgIpc) is 2.58. The van der Waals surface area contributed by atoms with Gasteiger partial charge in [0.05, 0.1) is 17.6 Å². The van der Waals surface area contributed by atoms with Gasteiger partial charge in [0.2, 0.25) is 0 Å². The Kier molecular flexibility index (Phi) is 5.77. The fraction of sp³-hybridized carbons (Fsp3) is 0.368. The van der Waals surface area contributed by atoms with Crippen LogP contribution in [0.15, 0.2) is 42.5 Å². The van der Waals surface area contributed by atoms with Crippen LogP contribution < -0.4 is 5.32 Å². The Morgan fingerprint density at radius 3 is 2.32 bits per heavy atom. The van der Waals surface area contributed by atoms with Crippen molar-refractivity contribution in [2.75, 3.05) is 11.9 Å². The summed E-state index contributed by atoms with van der Waals surface area (Å²) >= 11 is 0. The first-order chi connectivity index (χ1) is 11.7. The first-order valence-corrected chi connectivity index (χ1v) is 8.13. The predicted octanol–water partition coefficient (Wildman–Crippen LogP) is 3.53. The lowest BCUT2D eigenvalue weighted by Gasteiger charge is -2.20. The van der Waals surface area contributed by atoms with Crippen LogP contribution >= 0.6 is 0 Å². The highest BCUT2D eigenvalue weighted by Crippen LogP contribution is 2.27. The van der Waals surface area contributed by atoms with Gasteiger partial charge in [0.25, 0.3) is 5.69 Å². The van der Waals surface area contributed by atoms with Crippen molar-refractivity contribution in [3.8, 4) is 0 Å². The molecule has 0 saturated carbocycles. The molecule has 0 aliphatic rings. The molecule has 0 radical (unpaired) electrons. The second-order valence-corrected chi connectivity index (χ2v) is 7.04. The number of nitrogens with one attached hydrogen (secondary N) is 1. The Bertz CT molecular complexity index is 736. The molecule has 0 aromatic heterocycles. The maximum Gasteiger partial charge on any atom is 0.292 e. The molecule has 0 amide bonds. The normalized spacial score (nSPS) is 12.7. The van der Waals surface area contributed by atoms with Crippen LogP contribution in [0.25, 0.3) is 0 Å². The van der Waals surface area contributed by atoms with Gasteiger partial charge in [-0.25, -0.2) is 0 Å². The smallest absolute Gasteiger partial charge is 0.292 e. The standard InChI is InChI=1S/C19H24N2O4/c1-19(2,3)15-7-5-14(6-8-15)18(23)11-20-16-10-13(12-22)4-9-17(16)21(24)25/h4-10,18,20,22-23H,11-12H2,1-3H3. The zero-order valence-electron chi connectivity index (χ0n) is 14.7. The number of aliphatic hydroxyl groups is 2. The third kappa shape index (κ3) is 4.78. The van der Waals surface area contributed by atoms with Crippen molar-refractivity contribution in [2.45, 2.75) is 38.9 Å². The summed E-state index contributed by atoms with van der Waals surface area (Å²) in [5, 5.41) is 33.6. The number of nitro groups is 1. The van der Waals surface area contributed by atoms with Crippen molar-refractivity contribution in [1.29, 1.82) is 0 Å². The van der Waals surface area contributed by atoms with E-state index in [0.29, 0.717) is 5.56 Å². The summed E-state index contributed by atoms with van der Waals surface area (Å²) < 4.78 is 0. The maximum absolute atomic E-state index is 11.1. The van der Waals surface area contributed by atoms with Gasteiger partial charge >= 0.3 is 0 Å². The van der Waals surface area contributed by atoms with Crippen LogP contribution in [0.2, 0.25) is 0 Å². The van der Waals surface area contributed by atoms with Crippen molar-refractivity contribution in [3.63, 3.8) is 0 Å². The number of benzene rings is 2. The molecular formula is C19H24N2O4. The van der Waals surface area contributed by atoms with Crippen LogP contribution in [0, 0.1) is 10.1 Å². The van der Waals surface area contributed by atoms with E-state index in [0.717, 1.165) is 5.56 Å². The minimum absolute atomic E-state index is 0.0348. The average molecular weight is 344 g/mol. The van der Waals surface area contributed by atoms with Gasteiger partial charge in [-0.2, -0.15) is 0 Å². The van der Waals surface area contributed by atoms with Crippen LogP contribution in [-0.2, 0) is 12.0 Å². The topological polar surface area (TPSA) is 95.6 Å². The van der Waals surface area contributed by atoms with Gasteiger partial charge in [-0.1, -0.05) is 45.0 Å². The van der Waals surface area contributed by atoms with Crippen LogP contribution in [0.4, 0.5) is 11.4 Å². The van der Waals surface area contributed by atoms with Crippen LogP contribution in [0.5, 0.6) is 0 Å². The summed E-state index contributed by atoms with van der Waals surface area (Å²) in [7, 11) is 0. The SMILES string of the molecule is CC(C)(C)c1ccc(C(O)CNc2cc(CO)ccc2[N+](=O)[O-])cc1. The lowest BCUT2D eigenvalue weighted by atomic mass is 9.86. The van der Waals surface area contributed by atoms with Crippen molar-refractivity contribution in [1.82, 2.24) is 0 Å². The van der Waals surface area contributed by atoms with Crippen LogP contribution in [-0.4, -0.2) is 21.7 Å². The fourth-order valence-electron chi connectivity index (χ4n) is 2.51. The summed E-state index contributed by atoms with van der Waals surface area (Å²) in [6, 6.07) is 12.1. The molecular weight excluding hydrogens is 320 g/mol. The van der Waals surface area contributed by atoms with Gasteiger partial charge in [-0.3, -0.25) is 10.1 Å². The van der Waals surface area contributed by atoms with Gasteiger partial charge in [-0.15, -0.1) is 0 Å². The van der Waals surface area contributed by atoms with E-state index in [9.17, 15) is 20.3 Å². The molecule has 2 rings (SSSR count). The number of rotatable bonds is 6. The van der Waals surface area contributed by atoms with Gasteiger partial charge in [0.15, 0.2) is 0 Å². The van der Waals surface area contributed by atoms with Gasteiger partial charge in [-0.05, 0) is 34.2 Å². The summed E-state index contributed by atoms with van der Waals surface area (Å²) in [4.78, 5) is 10.6. The molecule has 0 bridgehead atoms. The second-order valence-electron chi connectivity index (χ2n) is 7.04. The molecule has 2 aromatic rings. The molecule has 0 aliphatic carbocycles. The lowest BCUT2D eigenvalue weighted by molar-refractivity contribution is -0.384. The molecule has 1 atom stereocenters. The van der Waals surface area contributed by atoms with E-state index in [1.165, 1.54) is 23.8 Å². The summed E-state index contributed by atoms with van der Waals surface area (Å²) in [5.74, 6) is 0. The van der Waals surface area contributed by atoms with Crippen molar-refractivity contribution in [2.24, 2.45) is 0 Å². The molecule has 0 heterocycles. The van der Waals surface area contributed by atoms with Crippen molar-refractivity contribution >= 4 is 11.4 Å². The predicted molar refractivity (Wildman–Crippen MR) is 97.6 cm³/mol. The Balaban J connectivity index is 2.11. The third-order valence-corrected chi connectivity index (χ3v) is 4.09. The van der Waals surface area contributed by atoms with Gasteiger partial charge < -0.3 is 15.5 Å². The highest BCUT2D eigenvalue weighted by molar-refractivity contribution is 5.62. The molecule has 1 unspecified atom stereocenters. The Morgan fingerprint density at radius 2 is 1.80 bits per heavy atom. The van der Waals surface area contributed by atoms with E-state index in [2.05, 4.69) is 26.1 Å². The molecule has 0 saturated heterocycles. The first kappa shape index (κ1) is 18.9. The minimum atomic E-state index is -0.800. The van der Waals surface area contributed by atoms with E-state index in [4.69, 9.17) is 0 Å². The highest BCUT2D eigenvalue weighted by Gasteiger charge is 2.17. The fourth-order valence-corrected chi connectivity index (χ4v) is 2.51. The summed E-state index contributed by atoms with van der Waals surface area (Å²) in [6.07, 6.45) is -0.800. The molecule has 6 heteroatoms. The molecule has 134 valence electrons. The number of hydrogen-bond acceptors (Lipinski definition) is 5. The lowest BCUT2D eigenvalue weighted by Crippen LogP contribution is -2.14. The Hall–Kier alpha value is -2.44. The minimum Gasteiger partial charge on any atom is -0.392 e.